The van der Waals surface area contributed by atoms with Crippen LogP contribution in [0, 0.1) is 12.7 Å². The van der Waals surface area contributed by atoms with Crippen LogP contribution in [0.4, 0.5) is 4.39 Å². The Labute approximate surface area is 147 Å². The molecule has 3 aromatic heterocycles. The number of fused-ring (bicyclic) bond motifs is 1. The lowest BCUT2D eigenvalue weighted by Gasteiger charge is -2.05. The molecule has 0 spiro atoms. The van der Waals surface area contributed by atoms with E-state index in [1.807, 2.05) is 25.3 Å². The molecule has 0 saturated carbocycles. The summed E-state index contributed by atoms with van der Waals surface area (Å²) in [6.07, 6.45) is 4.32. The van der Waals surface area contributed by atoms with Gasteiger partial charge in [0.1, 0.15) is 11.6 Å². The van der Waals surface area contributed by atoms with E-state index in [9.17, 15) is 4.39 Å². The van der Waals surface area contributed by atoms with E-state index in [-0.39, 0.29) is 5.82 Å². The number of halogens is 1. The lowest BCUT2D eigenvalue weighted by atomic mass is 10.1. The Morgan fingerprint density at radius 2 is 1.92 bits per heavy atom. The number of aromatic nitrogens is 4. The van der Waals surface area contributed by atoms with Gasteiger partial charge in [0.25, 0.3) is 0 Å². The monoisotopic (exact) mass is 354 g/mol. The number of aryl methyl sites for hydroxylation is 1. The highest BCUT2D eigenvalue weighted by Crippen LogP contribution is 2.25. The van der Waals surface area contributed by atoms with Crippen molar-refractivity contribution in [3.63, 3.8) is 0 Å². The molecule has 4 aromatic rings. The van der Waals surface area contributed by atoms with Crippen molar-refractivity contribution in [1.82, 2.24) is 19.6 Å². The zero-order valence-corrected chi connectivity index (χ0v) is 14.5. The Kier molecular flexibility index (Phi) is 4.01. The molecule has 126 valence electrons. The average molecular weight is 354 g/mol. The van der Waals surface area contributed by atoms with Gasteiger partial charge in [-0.1, -0.05) is 23.9 Å². The molecule has 0 amide bonds. The first-order valence-electron chi connectivity index (χ1n) is 7.74. The summed E-state index contributed by atoms with van der Waals surface area (Å²) < 4.78 is 20.5. The van der Waals surface area contributed by atoms with Crippen molar-refractivity contribution < 1.29 is 8.81 Å². The second kappa shape index (κ2) is 6.33. The third-order valence-corrected chi connectivity index (χ3v) is 4.42. The van der Waals surface area contributed by atoms with Crippen LogP contribution >= 0.6 is 11.8 Å². The van der Waals surface area contributed by atoms with Crippen LogP contribution in [-0.2, 0) is 6.42 Å². The summed E-state index contributed by atoms with van der Waals surface area (Å²) in [7, 11) is 0. The van der Waals surface area contributed by atoms with Gasteiger partial charge in [0.15, 0.2) is 16.6 Å². The maximum atomic E-state index is 13.1. The zero-order chi connectivity index (χ0) is 17.4. The number of nitrogens with zero attached hydrogens (tertiary/aromatic N) is 4. The molecule has 1 aromatic carbocycles. The molecule has 0 aliphatic carbocycles. The topological polar surface area (TPSA) is 56.2 Å². The molecule has 0 saturated heterocycles. The van der Waals surface area contributed by atoms with E-state index in [1.54, 1.807) is 22.8 Å². The first-order valence-corrected chi connectivity index (χ1v) is 8.96. The summed E-state index contributed by atoms with van der Waals surface area (Å²) >= 11 is 1.47. The maximum Gasteiger partial charge on any atom is 0.201 e. The van der Waals surface area contributed by atoms with Gasteiger partial charge >= 0.3 is 0 Å². The van der Waals surface area contributed by atoms with Gasteiger partial charge in [0.2, 0.25) is 5.82 Å². The minimum atomic E-state index is -0.244. The summed E-state index contributed by atoms with van der Waals surface area (Å²) in [4.78, 5) is 9.14. The van der Waals surface area contributed by atoms with E-state index in [1.165, 1.54) is 23.9 Å². The second-order valence-corrected chi connectivity index (χ2v) is 6.43. The van der Waals surface area contributed by atoms with Gasteiger partial charge in [-0.05, 0) is 43.0 Å². The standard InChI is InChI=1S/C18H15FN4OS/c1-11-3-8-15(24-11)17-22-18(25-2)21-16-13(10-20-23(16)17)9-12-4-6-14(19)7-5-12/h3-8,10H,9H2,1-2H3. The van der Waals surface area contributed by atoms with Gasteiger partial charge in [0, 0.05) is 12.0 Å². The number of furan rings is 1. The quantitative estimate of drug-likeness (QED) is 0.516. The van der Waals surface area contributed by atoms with E-state index in [0.717, 1.165) is 22.5 Å². The number of hydrogen-bond donors (Lipinski definition) is 0. The lowest BCUT2D eigenvalue weighted by Crippen LogP contribution is -2.02. The van der Waals surface area contributed by atoms with E-state index < -0.39 is 0 Å². The van der Waals surface area contributed by atoms with E-state index in [0.29, 0.717) is 23.2 Å². The van der Waals surface area contributed by atoms with Crippen LogP contribution < -0.4 is 0 Å². The summed E-state index contributed by atoms with van der Waals surface area (Å²) in [6.45, 7) is 1.89. The van der Waals surface area contributed by atoms with Gasteiger partial charge < -0.3 is 4.42 Å². The minimum Gasteiger partial charge on any atom is -0.458 e. The van der Waals surface area contributed by atoms with Crippen molar-refractivity contribution in [2.75, 3.05) is 6.26 Å². The molecule has 0 unspecified atom stereocenters. The Bertz CT molecular complexity index is 1040. The van der Waals surface area contributed by atoms with E-state index in [4.69, 9.17) is 4.42 Å². The molecular formula is C18H15FN4OS. The summed E-state index contributed by atoms with van der Waals surface area (Å²) in [5, 5.41) is 5.09. The van der Waals surface area contributed by atoms with Gasteiger partial charge in [-0.25, -0.2) is 9.37 Å². The fourth-order valence-corrected chi connectivity index (χ4v) is 3.01. The van der Waals surface area contributed by atoms with Crippen LogP contribution in [0.2, 0.25) is 0 Å². The molecule has 0 atom stereocenters. The van der Waals surface area contributed by atoms with Gasteiger partial charge in [-0.3, -0.25) is 0 Å². The molecule has 0 fully saturated rings. The molecule has 7 heteroatoms. The number of thioether (sulfide) groups is 1. The van der Waals surface area contributed by atoms with E-state index >= 15 is 0 Å². The van der Waals surface area contributed by atoms with Gasteiger partial charge in [0.05, 0.1) is 6.20 Å². The molecule has 4 rings (SSSR count). The number of hydrogen-bond acceptors (Lipinski definition) is 5. The van der Waals surface area contributed by atoms with Crippen molar-refractivity contribution in [3.05, 3.63) is 65.3 Å². The Hall–Kier alpha value is -2.67. The highest BCUT2D eigenvalue weighted by Gasteiger charge is 2.16. The molecule has 0 aliphatic rings. The van der Waals surface area contributed by atoms with Crippen molar-refractivity contribution in [2.45, 2.75) is 18.5 Å². The third-order valence-electron chi connectivity index (χ3n) is 3.87. The van der Waals surface area contributed by atoms with Crippen LogP contribution in [-0.4, -0.2) is 25.8 Å². The predicted molar refractivity (Wildman–Crippen MR) is 94.2 cm³/mol. The fourth-order valence-electron chi connectivity index (χ4n) is 2.66. The van der Waals surface area contributed by atoms with Crippen LogP contribution in [0.25, 0.3) is 17.2 Å². The summed E-state index contributed by atoms with van der Waals surface area (Å²) in [5.74, 6) is 1.83. The molecule has 0 N–H and O–H groups in total. The molecule has 0 bridgehead atoms. The van der Waals surface area contributed by atoms with Gasteiger partial charge in [-0.15, -0.1) is 0 Å². The average Bonchev–Trinajstić information content (AvgIpc) is 3.23. The largest absolute Gasteiger partial charge is 0.458 e. The van der Waals surface area contributed by atoms with Crippen LogP contribution in [0.5, 0.6) is 0 Å². The highest BCUT2D eigenvalue weighted by molar-refractivity contribution is 7.98. The Morgan fingerprint density at radius 1 is 1.12 bits per heavy atom. The maximum absolute atomic E-state index is 13.1. The highest BCUT2D eigenvalue weighted by atomic mass is 32.2. The van der Waals surface area contributed by atoms with Crippen molar-refractivity contribution in [2.24, 2.45) is 0 Å². The number of rotatable bonds is 4. The Balaban J connectivity index is 1.83. The van der Waals surface area contributed by atoms with E-state index in [2.05, 4.69) is 15.1 Å². The normalized spacial score (nSPS) is 11.3. The SMILES string of the molecule is CSc1nc(-c2ccc(C)o2)n2ncc(Cc3ccc(F)cc3)c2n1. The third kappa shape index (κ3) is 3.02. The molecular weight excluding hydrogens is 339 g/mol. The molecule has 3 heterocycles. The van der Waals surface area contributed by atoms with Gasteiger partial charge in [-0.2, -0.15) is 14.6 Å². The van der Waals surface area contributed by atoms with Crippen LogP contribution in [0.3, 0.4) is 0 Å². The Morgan fingerprint density at radius 3 is 2.60 bits per heavy atom. The van der Waals surface area contributed by atoms with Crippen molar-refractivity contribution in [3.8, 4) is 11.6 Å². The molecule has 0 aliphatic heterocycles. The zero-order valence-electron chi connectivity index (χ0n) is 13.7. The smallest absolute Gasteiger partial charge is 0.201 e. The predicted octanol–water partition coefficient (Wildman–Crippen LogP) is 4.14. The minimum absolute atomic E-state index is 0.244. The second-order valence-electron chi connectivity index (χ2n) is 5.65. The molecule has 5 nitrogen and oxygen atoms in total. The summed E-state index contributed by atoms with van der Waals surface area (Å²) in [5.41, 5.74) is 2.68. The molecule has 0 radical (unpaired) electrons. The van der Waals surface area contributed by atoms with Crippen molar-refractivity contribution in [1.29, 1.82) is 0 Å². The first kappa shape index (κ1) is 15.8. The molecule has 25 heavy (non-hydrogen) atoms. The van der Waals surface area contributed by atoms with Crippen LogP contribution in [0.1, 0.15) is 16.9 Å². The van der Waals surface area contributed by atoms with Crippen molar-refractivity contribution >= 4 is 17.4 Å². The lowest BCUT2D eigenvalue weighted by molar-refractivity contribution is 0.540. The fraction of sp³-hybridized carbons (Fsp3) is 0.167. The van der Waals surface area contributed by atoms with Crippen LogP contribution in [0.15, 0.2) is 52.2 Å². The first-order chi connectivity index (χ1) is 12.1. The summed E-state index contributed by atoms with van der Waals surface area (Å²) in [6, 6.07) is 10.2. The number of benzene rings is 1.